The van der Waals surface area contributed by atoms with Crippen LogP contribution in [-0.2, 0) is 57.1 Å². The Balaban J connectivity index is 0.892. The molecule has 0 spiro atoms. The SMILES string of the molecule is CC1CN(CC(=O)N2CC(C)(C(=O)NCCNC(=O)C3(C)CN(C(=O)CN4CCN(C(=O)OC(C)(C)C)C(C)C4)c4cc(Cc5ccc(F)cc5)ccc43)c3ccc(Cc4ccc(F)cc4)cc32)[C@@H](CN2CCOCC2C)CN1C=O. The maximum atomic E-state index is 14.9. The zero-order valence-corrected chi connectivity index (χ0v) is 48.1. The fourth-order valence-corrected chi connectivity index (χ4v) is 12.2. The van der Waals surface area contributed by atoms with Crippen molar-refractivity contribution in [3.8, 4) is 0 Å². The summed E-state index contributed by atoms with van der Waals surface area (Å²) in [4.78, 5) is 97.2. The van der Waals surface area contributed by atoms with E-state index in [1.807, 2.05) is 89.8 Å². The number of halogens is 2. The van der Waals surface area contributed by atoms with E-state index in [1.165, 1.54) is 24.3 Å². The average molecular weight is 1120 g/mol. The first kappa shape index (κ1) is 58.8. The Bertz CT molecular complexity index is 2980. The van der Waals surface area contributed by atoms with Gasteiger partial charge in [0.2, 0.25) is 30.0 Å². The second-order valence-electron chi connectivity index (χ2n) is 24.4. The number of fused-ring (bicyclic) bond motifs is 2. The van der Waals surface area contributed by atoms with Crippen LogP contribution in [0.3, 0.4) is 0 Å². The normalized spacial score (nSPS) is 24.4. The minimum atomic E-state index is -1.18. The van der Waals surface area contributed by atoms with Gasteiger partial charge in [0.25, 0.3) is 0 Å². The van der Waals surface area contributed by atoms with Gasteiger partial charge in [-0.1, -0.05) is 48.5 Å². The summed E-state index contributed by atoms with van der Waals surface area (Å²) in [7, 11) is 0. The average Bonchev–Trinajstić information content (AvgIpc) is 3.39. The number of hydrogen-bond donors (Lipinski definition) is 2. The van der Waals surface area contributed by atoms with Crippen LogP contribution >= 0.6 is 0 Å². The highest BCUT2D eigenvalue weighted by atomic mass is 19.1. The van der Waals surface area contributed by atoms with Crippen molar-refractivity contribution in [2.75, 3.05) is 108 Å². The molecule has 5 aliphatic rings. The van der Waals surface area contributed by atoms with E-state index >= 15 is 0 Å². The van der Waals surface area contributed by atoms with E-state index in [9.17, 15) is 37.5 Å². The van der Waals surface area contributed by atoms with Crippen LogP contribution in [0.25, 0.3) is 0 Å². The minimum absolute atomic E-state index is 0.0603. The fourth-order valence-electron chi connectivity index (χ4n) is 12.2. The summed E-state index contributed by atoms with van der Waals surface area (Å²) in [6.07, 6.45) is 1.44. The summed E-state index contributed by atoms with van der Waals surface area (Å²) in [5, 5.41) is 6.13. The maximum Gasteiger partial charge on any atom is 0.410 e. The monoisotopic (exact) mass is 1120 g/mol. The van der Waals surface area contributed by atoms with Crippen LogP contribution in [0, 0.1) is 11.6 Å². The Labute approximate surface area is 474 Å². The standard InChI is InChI=1S/C62H79F2N9O8/c1-41-32-69(50(34-70(41)40-74)33-68-25-26-80-37-43(68)3)36-56(76)73-39-62(8,52-20-14-47(30-54(52)73)28-45-11-17-49(64)18-12-45)58(78)66-22-21-65-57(77)61(7)38-72(53-29-46(13-19-51(53)61)27-44-9-15-48(63)16-10-44)55(75)35-67-23-24-71(42(2)31-67)59(79)81-60(4,5)6/h9-20,29-30,40-43,50H,21-28,31-39H2,1-8H3,(H,65,77)(H,66,78)/t41?,42?,43?,50-,61?,62?/m0/s1. The Hall–Kier alpha value is -6.80. The largest absolute Gasteiger partial charge is 0.444 e. The molecule has 0 radical (unpaired) electrons. The van der Waals surface area contributed by atoms with Crippen molar-refractivity contribution >= 4 is 47.5 Å². The smallest absolute Gasteiger partial charge is 0.410 e. The molecule has 434 valence electrons. The van der Waals surface area contributed by atoms with Crippen molar-refractivity contribution in [2.45, 2.75) is 109 Å². The van der Waals surface area contributed by atoms with Crippen LogP contribution in [0.4, 0.5) is 25.0 Å². The van der Waals surface area contributed by atoms with Crippen molar-refractivity contribution in [3.05, 3.63) is 130 Å². The number of piperazine rings is 2. The molecule has 9 rings (SSSR count). The number of amides is 6. The molecule has 17 nitrogen and oxygen atoms in total. The molecule has 6 amide bonds. The number of morpholine rings is 1. The van der Waals surface area contributed by atoms with Crippen LogP contribution in [-0.4, -0.2) is 189 Å². The van der Waals surface area contributed by atoms with Gasteiger partial charge in [-0.2, -0.15) is 0 Å². The summed E-state index contributed by atoms with van der Waals surface area (Å²) >= 11 is 0. The highest BCUT2D eigenvalue weighted by Gasteiger charge is 2.49. The number of nitrogens with one attached hydrogen (secondary N) is 2. The summed E-state index contributed by atoms with van der Waals surface area (Å²) < 4.78 is 39.1. The molecule has 0 saturated carbocycles. The number of hydrogen-bond acceptors (Lipinski definition) is 11. The summed E-state index contributed by atoms with van der Waals surface area (Å²) in [6.45, 7) is 20.4. The molecule has 81 heavy (non-hydrogen) atoms. The lowest BCUT2D eigenvalue weighted by atomic mass is 9.82. The van der Waals surface area contributed by atoms with E-state index in [0.29, 0.717) is 87.8 Å². The highest BCUT2D eigenvalue weighted by molar-refractivity contribution is 6.04. The minimum Gasteiger partial charge on any atom is -0.444 e. The van der Waals surface area contributed by atoms with Crippen molar-refractivity contribution in [1.82, 2.24) is 35.1 Å². The lowest BCUT2D eigenvalue weighted by Gasteiger charge is -2.46. The van der Waals surface area contributed by atoms with E-state index in [-0.39, 0.29) is 98.7 Å². The molecule has 19 heteroatoms. The molecule has 3 fully saturated rings. The van der Waals surface area contributed by atoms with Crippen molar-refractivity contribution < 1.29 is 47.0 Å². The molecule has 0 aromatic heterocycles. The van der Waals surface area contributed by atoms with Crippen LogP contribution in [0.2, 0.25) is 0 Å². The van der Waals surface area contributed by atoms with Crippen LogP contribution in [0.5, 0.6) is 0 Å². The second kappa shape index (κ2) is 24.3. The molecule has 0 aliphatic carbocycles. The molecule has 5 heterocycles. The van der Waals surface area contributed by atoms with Gasteiger partial charge < -0.3 is 39.7 Å². The molecule has 5 aliphatic heterocycles. The molecule has 4 aromatic carbocycles. The Kier molecular flexibility index (Phi) is 17.7. The van der Waals surface area contributed by atoms with Gasteiger partial charge in [0.1, 0.15) is 17.2 Å². The predicted octanol–water partition coefficient (Wildman–Crippen LogP) is 5.48. The van der Waals surface area contributed by atoms with Crippen molar-refractivity contribution in [1.29, 1.82) is 0 Å². The van der Waals surface area contributed by atoms with E-state index in [1.54, 1.807) is 43.9 Å². The van der Waals surface area contributed by atoms with Crippen molar-refractivity contribution in [3.63, 3.8) is 0 Å². The molecule has 0 bridgehead atoms. The van der Waals surface area contributed by atoms with Gasteiger partial charge in [-0.05, 0) is 138 Å². The molecule has 6 atom stereocenters. The van der Waals surface area contributed by atoms with E-state index in [4.69, 9.17) is 9.47 Å². The Morgan fingerprint density at radius 3 is 1.67 bits per heavy atom. The Morgan fingerprint density at radius 1 is 0.654 bits per heavy atom. The quantitative estimate of drug-likeness (QED) is 0.108. The summed E-state index contributed by atoms with van der Waals surface area (Å²) in [6, 6.07) is 23.8. The van der Waals surface area contributed by atoms with Crippen LogP contribution in [0.1, 0.15) is 88.8 Å². The fraction of sp³-hybridized carbons (Fsp3) is 0.516. The van der Waals surface area contributed by atoms with Gasteiger partial charge in [-0.15, -0.1) is 0 Å². The molecule has 2 N–H and O–H groups in total. The zero-order chi connectivity index (χ0) is 58.0. The van der Waals surface area contributed by atoms with Gasteiger partial charge in [0, 0.05) is 108 Å². The van der Waals surface area contributed by atoms with Crippen LogP contribution in [0.15, 0.2) is 84.9 Å². The van der Waals surface area contributed by atoms with Gasteiger partial charge >= 0.3 is 6.09 Å². The van der Waals surface area contributed by atoms with Gasteiger partial charge in [0.15, 0.2) is 0 Å². The molecular weight excluding hydrogens is 1040 g/mol. The van der Waals surface area contributed by atoms with Gasteiger partial charge in [-0.3, -0.25) is 38.7 Å². The number of carbonyl (C=O) groups excluding carboxylic acids is 6. The number of rotatable bonds is 16. The third kappa shape index (κ3) is 13.3. The number of ether oxygens (including phenoxy) is 2. The molecule has 5 unspecified atom stereocenters. The lowest BCUT2D eigenvalue weighted by molar-refractivity contribution is -0.128. The van der Waals surface area contributed by atoms with Gasteiger partial charge in [0.05, 0.1) is 37.1 Å². The van der Waals surface area contributed by atoms with Crippen LogP contribution < -0.4 is 20.4 Å². The number of benzene rings is 4. The summed E-state index contributed by atoms with van der Waals surface area (Å²) in [5.74, 6) is -1.70. The second-order valence-corrected chi connectivity index (χ2v) is 24.4. The zero-order valence-electron chi connectivity index (χ0n) is 48.1. The first-order valence-corrected chi connectivity index (χ1v) is 28.4. The first-order chi connectivity index (χ1) is 38.5. The molecule has 3 saturated heterocycles. The van der Waals surface area contributed by atoms with E-state index in [2.05, 4.69) is 27.4 Å². The summed E-state index contributed by atoms with van der Waals surface area (Å²) in [5.41, 5.74) is 3.11. The Morgan fingerprint density at radius 2 is 1.17 bits per heavy atom. The molecule has 4 aromatic rings. The maximum absolute atomic E-state index is 14.9. The third-order valence-electron chi connectivity index (χ3n) is 16.9. The highest BCUT2D eigenvalue weighted by Crippen LogP contribution is 2.44. The number of anilines is 2. The predicted molar refractivity (Wildman–Crippen MR) is 305 cm³/mol. The van der Waals surface area contributed by atoms with Crippen molar-refractivity contribution in [2.24, 2.45) is 0 Å². The number of carbonyl (C=O) groups is 6. The third-order valence-corrected chi connectivity index (χ3v) is 16.9. The first-order valence-electron chi connectivity index (χ1n) is 28.4. The van der Waals surface area contributed by atoms with Gasteiger partial charge in [-0.25, -0.2) is 13.6 Å². The topological polar surface area (TPSA) is 168 Å². The van der Waals surface area contributed by atoms with E-state index < -0.39 is 22.5 Å². The number of nitrogens with zero attached hydrogens (tertiary/aromatic N) is 7. The molecular formula is C62H79F2N9O8. The van der Waals surface area contributed by atoms with E-state index in [0.717, 1.165) is 35.2 Å². The lowest BCUT2D eigenvalue weighted by Crippen LogP contribution is -2.63.